The largest absolute Gasteiger partial charge is 0.454 e. The van der Waals surface area contributed by atoms with E-state index in [2.05, 4.69) is 21.2 Å². The molecule has 1 atom stereocenters. The molecule has 1 amide bonds. The predicted octanol–water partition coefficient (Wildman–Crippen LogP) is 3.74. The van der Waals surface area contributed by atoms with Crippen molar-refractivity contribution in [2.75, 3.05) is 0 Å². The molecule has 0 aliphatic heterocycles. The molecule has 1 unspecified atom stereocenters. The number of benzene rings is 1. The summed E-state index contributed by atoms with van der Waals surface area (Å²) >= 11 is 3.48. The van der Waals surface area contributed by atoms with Crippen LogP contribution in [0.25, 0.3) is 0 Å². The zero-order valence-electron chi connectivity index (χ0n) is 13.6. The van der Waals surface area contributed by atoms with Gasteiger partial charge in [-0.3, -0.25) is 9.59 Å². The number of carbonyl (C=O) groups is 1. The fraction of sp³-hybridized carbons (Fsp3) is 0.158. The van der Waals surface area contributed by atoms with Crippen molar-refractivity contribution in [3.63, 3.8) is 0 Å². The normalized spacial score (nSPS) is 11.9. The third-order valence-corrected chi connectivity index (χ3v) is 4.55. The van der Waals surface area contributed by atoms with Gasteiger partial charge in [0.05, 0.1) is 12.6 Å². The van der Waals surface area contributed by atoms with Crippen LogP contribution >= 0.6 is 15.9 Å². The summed E-state index contributed by atoms with van der Waals surface area (Å²) < 4.78 is 8.04. The Labute approximate surface area is 153 Å². The van der Waals surface area contributed by atoms with Crippen LogP contribution in [-0.2, 0) is 6.54 Å². The topological polar surface area (TPSA) is 64.2 Å². The Morgan fingerprint density at radius 3 is 2.68 bits per heavy atom. The molecular weight excluding hydrogens is 384 g/mol. The van der Waals surface area contributed by atoms with Crippen molar-refractivity contribution in [3.05, 3.63) is 92.7 Å². The van der Waals surface area contributed by atoms with E-state index >= 15 is 0 Å². The molecular formula is C19H17BrN2O3. The van der Waals surface area contributed by atoms with Gasteiger partial charge < -0.3 is 14.3 Å². The van der Waals surface area contributed by atoms with Crippen molar-refractivity contribution >= 4 is 21.8 Å². The van der Waals surface area contributed by atoms with Gasteiger partial charge in [0, 0.05) is 16.7 Å². The van der Waals surface area contributed by atoms with Crippen LogP contribution in [0, 0.1) is 0 Å². The van der Waals surface area contributed by atoms with E-state index in [0.717, 1.165) is 10.0 Å². The first-order valence-corrected chi connectivity index (χ1v) is 8.63. The summed E-state index contributed by atoms with van der Waals surface area (Å²) in [6.07, 6.45) is 1.68. The average molecular weight is 401 g/mol. The van der Waals surface area contributed by atoms with Gasteiger partial charge in [0.1, 0.15) is 5.76 Å². The van der Waals surface area contributed by atoms with Crippen molar-refractivity contribution in [3.8, 4) is 0 Å². The van der Waals surface area contributed by atoms with Gasteiger partial charge >= 0.3 is 0 Å². The second-order valence-electron chi connectivity index (χ2n) is 5.65. The number of carbonyl (C=O) groups excluding carboxylic acids is 1. The van der Waals surface area contributed by atoms with Crippen molar-refractivity contribution < 1.29 is 9.21 Å². The van der Waals surface area contributed by atoms with Crippen molar-refractivity contribution in [1.29, 1.82) is 0 Å². The summed E-state index contributed by atoms with van der Waals surface area (Å²) in [4.78, 5) is 24.1. The molecule has 3 aromatic rings. The van der Waals surface area contributed by atoms with Crippen LogP contribution in [0.5, 0.6) is 0 Å². The highest BCUT2D eigenvalue weighted by molar-refractivity contribution is 9.10. The maximum atomic E-state index is 12.4. The number of furan rings is 1. The predicted molar refractivity (Wildman–Crippen MR) is 98.5 cm³/mol. The first-order chi connectivity index (χ1) is 12.0. The Bertz CT molecular complexity index is 945. The SMILES string of the molecule is CC(NC(=O)c1ccc(Cn2ccccc2=O)o1)c1ccccc1Br. The van der Waals surface area contributed by atoms with Crippen LogP contribution in [0.3, 0.4) is 0 Å². The molecule has 128 valence electrons. The molecule has 1 N–H and O–H groups in total. The van der Waals surface area contributed by atoms with Crippen LogP contribution in [0.15, 0.2) is 74.5 Å². The minimum absolute atomic E-state index is 0.118. The molecule has 0 aliphatic carbocycles. The minimum atomic E-state index is -0.296. The Morgan fingerprint density at radius 1 is 1.16 bits per heavy atom. The fourth-order valence-electron chi connectivity index (χ4n) is 2.52. The molecule has 0 bridgehead atoms. The van der Waals surface area contributed by atoms with E-state index in [0.29, 0.717) is 5.76 Å². The summed E-state index contributed by atoms with van der Waals surface area (Å²) in [5.41, 5.74) is 0.867. The lowest BCUT2D eigenvalue weighted by molar-refractivity contribution is 0.0909. The van der Waals surface area contributed by atoms with Crippen LogP contribution in [-0.4, -0.2) is 10.5 Å². The maximum Gasteiger partial charge on any atom is 0.287 e. The van der Waals surface area contributed by atoms with Crippen LogP contribution in [0.2, 0.25) is 0 Å². The first-order valence-electron chi connectivity index (χ1n) is 7.84. The Hall–Kier alpha value is -2.60. The van der Waals surface area contributed by atoms with Crippen LogP contribution in [0.1, 0.15) is 34.8 Å². The second-order valence-corrected chi connectivity index (χ2v) is 6.50. The molecule has 0 radical (unpaired) electrons. The molecule has 0 aliphatic rings. The molecule has 2 heterocycles. The summed E-state index contributed by atoms with van der Waals surface area (Å²) in [5, 5.41) is 2.91. The third-order valence-electron chi connectivity index (χ3n) is 3.83. The molecule has 25 heavy (non-hydrogen) atoms. The zero-order valence-corrected chi connectivity index (χ0v) is 15.2. The van der Waals surface area contributed by atoms with E-state index in [-0.39, 0.29) is 29.8 Å². The van der Waals surface area contributed by atoms with Crippen molar-refractivity contribution in [1.82, 2.24) is 9.88 Å². The lowest BCUT2D eigenvalue weighted by atomic mass is 10.1. The summed E-state index contributed by atoms with van der Waals surface area (Å²) in [6, 6.07) is 15.8. The van der Waals surface area contributed by atoms with Gasteiger partial charge in [-0.05, 0) is 36.8 Å². The summed E-state index contributed by atoms with van der Waals surface area (Å²) in [7, 11) is 0. The van der Waals surface area contributed by atoms with Gasteiger partial charge in [0.25, 0.3) is 11.5 Å². The Balaban J connectivity index is 1.70. The number of aromatic nitrogens is 1. The fourth-order valence-corrected chi connectivity index (χ4v) is 3.14. The quantitative estimate of drug-likeness (QED) is 0.709. The first kappa shape index (κ1) is 17.2. The van der Waals surface area contributed by atoms with Crippen LogP contribution in [0.4, 0.5) is 0 Å². The molecule has 0 saturated carbocycles. The zero-order chi connectivity index (χ0) is 17.8. The molecule has 2 aromatic heterocycles. The van der Waals surface area contributed by atoms with Gasteiger partial charge in [-0.15, -0.1) is 0 Å². The van der Waals surface area contributed by atoms with E-state index < -0.39 is 0 Å². The molecule has 0 saturated heterocycles. The number of amides is 1. The standard InChI is InChI=1S/C19H17BrN2O3/c1-13(15-6-2-3-7-16(15)20)21-19(24)17-10-9-14(25-17)12-22-11-5-4-8-18(22)23/h2-11,13H,12H2,1H3,(H,21,24). The van der Waals surface area contributed by atoms with E-state index in [4.69, 9.17) is 4.42 Å². The molecule has 6 heteroatoms. The van der Waals surface area contributed by atoms with Gasteiger partial charge in [-0.2, -0.15) is 0 Å². The van der Waals surface area contributed by atoms with Crippen molar-refractivity contribution in [2.24, 2.45) is 0 Å². The number of rotatable bonds is 5. The number of nitrogens with zero attached hydrogens (tertiary/aromatic N) is 1. The maximum absolute atomic E-state index is 12.4. The molecule has 1 aromatic carbocycles. The van der Waals surface area contributed by atoms with Gasteiger partial charge in [-0.25, -0.2) is 0 Å². The van der Waals surface area contributed by atoms with Crippen molar-refractivity contribution in [2.45, 2.75) is 19.5 Å². The number of hydrogen-bond donors (Lipinski definition) is 1. The summed E-state index contributed by atoms with van der Waals surface area (Å²) in [5.74, 6) is 0.472. The monoisotopic (exact) mass is 400 g/mol. The van der Waals surface area contributed by atoms with Gasteiger partial charge in [0.15, 0.2) is 5.76 Å². The Morgan fingerprint density at radius 2 is 1.92 bits per heavy atom. The highest BCUT2D eigenvalue weighted by atomic mass is 79.9. The molecule has 0 spiro atoms. The van der Waals surface area contributed by atoms with E-state index in [9.17, 15) is 9.59 Å². The van der Waals surface area contributed by atoms with E-state index in [1.54, 1.807) is 30.5 Å². The highest BCUT2D eigenvalue weighted by Crippen LogP contribution is 2.23. The minimum Gasteiger partial charge on any atom is -0.454 e. The lowest BCUT2D eigenvalue weighted by Crippen LogP contribution is -2.26. The third kappa shape index (κ3) is 4.09. The average Bonchev–Trinajstić information content (AvgIpc) is 3.06. The van der Waals surface area contributed by atoms with E-state index in [1.165, 1.54) is 10.6 Å². The van der Waals surface area contributed by atoms with E-state index in [1.807, 2.05) is 31.2 Å². The number of nitrogens with one attached hydrogen (secondary N) is 1. The molecule has 5 nitrogen and oxygen atoms in total. The van der Waals surface area contributed by atoms with Crippen LogP contribution < -0.4 is 10.9 Å². The lowest BCUT2D eigenvalue weighted by Gasteiger charge is -2.14. The second kappa shape index (κ2) is 7.53. The smallest absolute Gasteiger partial charge is 0.287 e. The number of halogens is 1. The Kier molecular flexibility index (Phi) is 5.19. The number of hydrogen-bond acceptors (Lipinski definition) is 3. The molecule has 3 rings (SSSR count). The molecule has 0 fully saturated rings. The summed E-state index contributed by atoms with van der Waals surface area (Å²) in [6.45, 7) is 2.19. The van der Waals surface area contributed by atoms with Gasteiger partial charge in [0.2, 0.25) is 0 Å². The number of pyridine rings is 1. The highest BCUT2D eigenvalue weighted by Gasteiger charge is 2.16. The van der Waals surface area contributed by atoms with Gasteiger partial charge in [-0.1, -0.05) is 40.2 Å².